The molecule has 1 aromatic carbocycles. The number of amidine groups is 1. The van der Waals surface area contributed by atoms with Gasteiger partial charge in [0, 0.05) is 12.6 Å². The smallest absolute Gasteiger partial charge is 0.221 e. The summed E-state index contributed by atoms with van der Waals surface area (Å²) in [5.74, 6) is -0.636. The van der Waals surface area contributed by atoms with E-state index in [0.717, 1.165) is 0 Å². The molecule has 0 fully saturated rings. The van der Waals surface area contributed by atoms with Crippen LogP contribution in [0.4, 0.5) is 5.69 Å². The molecule has 0 saturated heterocycles. The molecule has 0 saturated carbocycles. The molecule has 1 rings (SSSR count). The van der Waals surface area contributed by atoms with Gasteiger partial charge in [-0.25, -0.2) is 8.42 Å². The molecule has 1 atom stereocenters. The Morgan fingerprint density at radius 3 is 2.22 bits per heavy atom. The Hall–Kier alpha value is -1.89. The van der Waals surface area contributed by atoms with Gasteiger partial charge in [-0.15, -0.1) is 0 Å². The summed E-state index contributed by atoms with van der Waals surface area (Å²) in [5, 5.41) is 8.65. The maximum atomic E-state index is 12.0. The number of benzene rings is 1. The summed E-state index contributed by atoms with van der Waals surface area (Å²) in [6.45, 7) is 2.72. The van der Waals surface area contributed by atoms with Crippen molar-refractivity contribution < 1.29 is 13.2 Å². The average molecular weight is 269 g/mol. The molecule has 1 aromatic rings. The lowest BCUT2D eigenvalue weighted by Gasteiger charge is -2.11. The Kier molecular flexibility index (Phi) is 4.07. The maximum Gasteiger partial charge on any atom is 0.221 e. The third-order valence-electron chi connectivity index (χ3n) is 2.41. The molecule has 0 bridgehead atoms. The van der Waals surface area contributed by atoms with Crippen molar-refractivity contribution in [3.05, 3.63) is 24.3 Å². The van der Waals surface area contributed by atoms with E-state index in [1.54, 1.807) is 0 Å². The van der Waals surface area contributed by atoms with Crippen LogP contribution < -0.4 is 11.1 Å². The highest BCUT2D eigenvalue weighted by atomic mass is 32.2. The molecule has 6 nitrogen and oxygen atoms in total. The lowest BCUT2D eigenvalue weighted by atomic mass is 10.3. The summed E-state index contributed by atoms with van der Waals surface area (Å²) in [6.07, 6.45) is 0. The van der Waals surface area contributed by atoms with Gasteiger partial charge >= 0.3 is 0 Å². The fourth-order valence-corrected chi connectivity index (χ4v) is 2.56. The SMILES string of the molecule is CC(=O)Nc1ccc(S(=O)(=O)C(C)C(=N)N)cc1. The highest BCUT2D eigenvalue weighted by Crippen LogP contribution is 2.18. The van der Waals surface area contributed by atoms with Gasteiger partial charge in [0.15, 0.2) is 9.84 Å². The number of amides is 1. The number of carbonyl (C=O) groups excluding carboxylic acids is 1. The first kappa shape index (κ1) is 14.2. The molecule has 4 N–H and O–H groups in total. The van der Waals surface area contributed by atoms with Gasteiger partial charge in [-0.2, -0.15) is 0 Å². The first-order valence-electron chi connectivity index (χ1n) is 5.20. The summed E-state index contributed by atoms with van der Waals surface area (Å²) in [6, 6.07) is 5.72. The zero-order chi connectivity index (χ0) is 13.9. The number of hydrogen-bond donors (Lipinski definition) is 3. The first-order chi connectivity index (χ1) is 8.25. The standard InChI is InChI=1S/C11H15N3O3S/c1-7(11(12)13)18(16,17)10-5-3-9(4-6-10)14-8(2)15/h3-7H,1-2H3,(H3,12,13)(H,14,15). The van der Waals surface area contributed by atoms with E-state index >= 15 is 0 Å². The molecule has 7 heteroatoms. The predicted molar refractivity (Wildman–Crippen MR) is 69.3 cm³/mol. The molecule has 1 unspecified atom stereocenters. The minimum Gasteiger partial charge on any atom is -0.387 e. The van der Waals surface area contributed by atoms with Crippen LogP contribution in [-0.4, -0.2) is 25.4 Å². The molecule has 0 aliphatic carbocycles. The number of sulfone groups is 1. The molecule has 98 valence electrons. The van der Waals surface area contributed by atoms with E-state index in [-0.39, 0.29) is 10.8 Å². The summed E-state index contributed by atoms with van der Waals surface area (Å²) in [7, 11) is -3.65. The highest BCUT2D eigenvalue weighted by Gasteiger charge is 2.25. The fraction of sp³-hybridized carbons (Fsp3) is 0.273. The second-order valence-electron chi connectivity index (χ2n) is 3.85. The van der Waals surface area contributed by atoms with Gasteiger partial charge in [-0.3, -0.25) is 10.2 Å². The van der Waals surface area contributed by atoms with Crippen molar-refractivity contribution in [3.63, 3.8) is 0 Å². The lowest BCUT2D eigenvalue weighted by Crippen LogP contribution is -2.32. The van der Waals surface area contributed by atoms with Crippen LogP contribution in [0.15, 0.2) is 29.2 Å². The lowest BCUT2D eigenvalue weighted by molar-refractivity contribution is -0.114. The van der Waals surface area contributed by atoms with Gasteiger partial charge in [0.1, 0.15) is 11.1 Å². The minimum atomic E-state index is -3.65. The predicted octanol–water partition coefficient (Wildman–Crippen LogP) is 0.743. The molecule has 0 heterocycles. The molecule has 0 aliphatic rings. The quantitative estimate of drug-likeness (QED) is 0.552. The second-order valence-corrected chi connectivity index (χ2v) is 6.12. The minimum absolute atomic E-state index is 0.0688. The van der Waals surface area contributed by atoms with Crippen molar-refractivity contribution in [1.82, 2.24) is 0 Å². The normalized spacial score (nSPS) is 12.8. The topological polar surface area (TPSA) is 113 Å². The van der Waals surface area contributed by atoms with Gasteiger partial charge < -0.3 is 11.1 Å². The molecule has 0 aromatic heterocycles. The third kappa shape index (κ3) is 3.07. The zero-order valence-corrected chi connectivity index (χ0v) is 10.9. The Labute approximate surface area is 106 Å². The van der Waals surface area contributed by atoms with Crippen LogP contribution in [0.25, 0.3) is 0 Å². The largest absolute Gasteiger partial charge is 0.387 e. The monoisotopic (exact) mass is 269 g/mol. The molecule has 0 aliphatic heterocycles. The van der Waals surface area contributed by atoms with Crippen molar-refractivity contribution >= 4 is 27.3 Å². The van der Waals surface area contributed by atoms with E-state index in [4.69, 9.17) is 11.1 Å². The van der Waals surface area contributed by atoms with Crippen molar-refractivity contribution in [2.24, 2.45) is 5.73 Å². The van der Waals surface area contributed by atoms with Gasteiger partial charge in [0.05, 0.1) is 4.90 Å². The maximum absolute atomic E-state index is 12.0. The van der Waals surface area contributed by atoms with Gasteiger partial charge in [0.2, 0.25) is 5.91 Å². The number of rotatable bonds is 4. The summed E-state index contributed by atoms with van der Waals surface area (Å²) >= 11 is 0. The van der Waals surface area contributed by atoms with Crippen LogP contribution in [0.1, 0.15) is 13.8 Å². The Balaban J connectivity index is 3.05. The molecule has 1 amide bonds. The summed E-state index contributed by atoms with van der Waals surface area (Å²) in [5.41, 5.74) is 5.71. The summed E-state index contributed by atoms with van der Waals surface area (Å²) in [4.78, 5) is 10.9. The number of hydrogen-bond acceptors (Lipinski definition) is 4. The van der Waals surface area contributed by atoms with Crippen molar-refractivity contribution in [2.75, 3.05) is 5.32 Å². The van der Waals surface area contributed by atoms with Crippen LogP contribution in [0, 0.1) is 5.41 Å². The van der Waals surface area contributed by atoms with E-state index < -0.39 is 20.9 Å². The van der Waals surface area contributed by atoms with E-state index in [2.05, 4.69) is 5.32 Å². The Bertz CT molecular complexity index is 564. The van der Waals surface area contributed by atoms with Crippen LogP contribution in [-0.2, 0) is 14.6 Å². The van der Waals surface area contributed by atoms with Crippen LogP contribution in [0.3, 0.4) is 0 Å². The van der Waals surface area contributed by atoms with Crippen LogP contribution in [0.5, 0.6) is 0 Å². The molecule has 0 radical (unpaired) electrons. The zero-order valence-electron chi connectivity index (χ0n) is 10.1. The Morgan fingerprint density at radius 2 is 1.83 bits per heavy atom. The van der Waals surface area contributed by atoms with Crippen molar-refractivity contribution in [3.8, 4) is 0 Å². The summed E-state index contributed by atoms with van der Waals surface area (Å²) < 4.78 is 24.0. The number of carbonyl (C=O) groups is 1. The molecular weight excluding hydrogens is 254 g/mol. The Morgan fingerprint density at radius 1 is 1.33 bits per heavy atom. The number of anilines is 1. The van der Waals surface area contributed by atoms with E-state index in [1.807, 2.05) is 0 Å². The van der Waals surface area contributed by atoms with E-state index in [9.17, 15) is 13.2 Å². The fourth-order valence-electron chi connectivity index (χ4n) is 1.30. The third-order valence-corrected chi connectivity index (χ3v) is 4.52. The van der Waals surface area contributed by atoms with Crippen LogP contribution >= 0.6 is 0 Å². The number of nitrogens with two attached hydrogens (primary N) is 1. The van der Waals surface area contributed by atoms with Crippen molar-refractivity contribution in [1.29, 1.82) is 5.41 Å². The number of nitrogens with one attached hydrogen (secondary N) is 2. The van der Waals surface area contributed by atoms with E-state index in [0.29, 0.717) is 5.69 Å². The highest BCUT2D eigenvalue weighted by molar-refractivity contribution is 7.92. The second kappa shape index (κ2) is 5.18. The van der Waals surface area contributed by atoms with Crippen LogP contribution in [0.2, 0.25) is 0 Å². The average Bonchev–Trinajstić information content (AvgIpc) is 2.27. The van der Waals surface area contributed by atoms with Gasteiger partial charge in [-0.1, -0.05) is 0 Å². The van der Waals surface area contributed by atoms with Gasteiger partial charge in [-0.05, 0) is 31.2 Å². The first-order valence-corrected chi connectivity index (χ1v) is 6.75. The molecule has 18 heavy (non-hydrogen) atoms. The molecule has 0 spiro atoms. The van der Waals surface area contributed by atoms with E-state index in [1.165, 1.54) is 38.1 Å². The van der Waals surface area contributed by atoms with Crippen molar-refractivity contribution in [2.45, 2.75) is 24.0 Å². The molecular formula is C11H15N3O3S. The van der Waals surface area contributed by atoms with Gasteiger partial charge in [0.25, 0.3) is 0 Å².